The van der Waals surface area contributed by atoms with Crippen molar-refractivity contribution in [2.45, 2.75) is 80.7 Å². The van der Waals surface area contributed by atoms with E-state index in [1.165, 1.54) is 50.5 Å². The molecule has 14 heteroatoms. The molecule has 0 saturated heterocycles. The largest absolute Gasteiger partial charge is 0.493 e. The molecule has 1 aliphatic heterocycles. The summed E-state index contributed by atoms with van der Waals surface area (Å²) >= 11 is 0. The van der Waals surface area contributed by atoms with Crippen molar-refractivity contribution in [2.24, 2.45) is 17.8 Å². The zero-order valence-electron chi connectivity index (χ0n) is 26.4. The van der Waals surface area contributed by atoms with Crippen molar-refractivity contribution in [1.82, 2.24) is 20.2 Å². The quantitative estimate of drug-likeness (QED) is 0.336. The third kappa shape index (κ3) is 7.26. The fourth-order valence-corrected chi connectivity index (χ4v) is 9.47. The normalized spacial score (nSPS) is 26.8. The molecule has 0 radical (unpaired) electrons. The van der Waals surface area contributed by atoms with Crippen LogP contribution in [0.2, 0.25) is 0 Å². The van der Waals surface area contributed by atoms with Crippen LogP contribution in [-0.2, 0) is 32.1 Å². The highest BCUT2D eigenvalue weighted by Gasteiger charge is 2.51. The molecule has 2 heterocycles. The zero-order valence-corrected chi connectivity index (χ0v) is 27.2. The van der Waals surface area contributed by atoms with Gasteiger partial charge in [-0.05, 0) is 92.5 Å². The van der Waals surface area contributed by atoms with Crippen LogP contribution in [0.1, 0.15) is 74.2 Å². The second kappa shape index (κ2) is 12.7. The Hall–Kier alpha value is -3.68. The molecule has 1 N–H and O–H groups in total. The van der Waals surface area contributed by atoms with Crippen LogP contribution >= 0.6 is 0 Å². The Labute approximate surface area is 272 Å². The maximum Gasteiger partial charge on any atom is 0.433 e. The predicted molar refractivity (Wildman–Crippen MR) is 164 cm³/mol. The summed E-state index contributed by atoms with van der Waals surface area (Å²) in [4.78, 5) is 34.5. The van der Waals surface area contributed by atoms with Crippen molar-refractivity contribution in [3.63, 3.8) is 0 Å². The van der Waals surface area contributed by atoms with E-state index in [0.717, 1.165) is 25.3 Å². The van der Waals surface area contributed by atoms with E-state index in [9.17, 15) is 31.2 Å². The minimum absolute atomic E-state index is 0.0397. The van der Waals surface area contributed by atoms with E-state index in [2.05, 4.69) is 15.3 Å². The third-order valence-electron chi connectivity index (χ3n) is 9.95. The van der Waals surface area contributed by atoms with E-state index in [1.807, 2.05) is 0 Å². The molecular weight excluding hydrogens is 637 g/mol. The average Bonchev–Trinajstić information content (AvgIpc) is 3.00. The van der Waals surface area contributed by atoms with Gasteiger partial charge in [0.2, 0.25) is 26.8 Å². The summed E-state index contributed by atoms with van der Waals surface area (Å²) in [5.74, 6) is 0.839. The SMILES string of the molecule is COc1ccc(CN2CC(c3cc(C(F)(F)F)nc(S(=O)(=O)CCCC(=O)NC45CC6CC(CC(C6)C4)C5)n3)C=CC2=O)cc1OC. The Morgan fingerprint density at radius 2 is 1.68 bits per heavy atom. The van der Waals surface area contributed by atoms with Gasteiger partial charge in [-0.15, -0.1) is 0 Å². The van der Waals surface area contributed by atoms with Gasteiger partial charge in [0.15, 0.2) is 11.5 Å². The summed E-state index contributed by atoms with van der Waals surface area (Å²) < 4.78 is 78.9. The molecule has 1 aromatic heterocycles. The number of nitrogens with one attached hydrogen (secondary N) is 1. The molecule has 1 unspecified atom stereocenters. The average molecular weight is 677 g/mol. The third-order valence-corrected chi connectivity index (χ3v) is 11.5. The van der Waals surface area contributed by atoms with Gasteiger partial charge in [-0.3, -0.25) is 9.59 Å². The lowest BCUT2D eigenvalue weighted by molar-refractivity contribution is -0.141. The highest BCUT2D eigenvalue weighted by Crippen LogP contribution is 2.55. The number of rotatable bonds is 11. The Morgan fingerprint density at radius 3 is 2.30 bits per heavy atom. The van der Waals surface area contributed by atoms with Gasteiger partial charge in [0.1, 0.15) is 5.69 Å². The van der Waals surface area contributed by atoms with E-state index < -0.39 is 38.5 Å². The lowest BCUT2D eigenvalue weighted by Crippen LogP contribution is -2.59. The van der Waals surface area contributed by atoms with Gasteiger partial charge in [0.25, 0.3) is 0 Å². The van der Waals surface area contributed by atoms with Gasteiger partial charge in [0, 0.05) is 31.0 Å². The molecule has 2 aromatic rings. The van der Waals surface area contributed by atoms with Crippen LogP contribution in [0.3, 0.4) is 0 Å². The predicted octanol–water partition coefficient (Wildman–Crippen LogP) is 4.83. The van der Waals surface area contributed by atoms with Gasteiger partial charge < -0.3 is 19.7 Å². The second-order valence-electron chi connectivity index (χ2n) is 13.5. The maximum absolute atomic E-state index is 13.9. The number of ether oxygens (including phenoxy) is 2. The molecule has 4 bridgehead atoms. The molecule has 2 amide bonds. The van der Waals surface area contributed by atoms with Crippen LogP contribution in [-0.4, -0.2) is 67.2 Å². The van der Waals surface area contributed by atoms with Crippen LogP contribution in [0.25, 0.3) is 0 Å². The van der Waals surface area contributed by atoms with Gasteiger partial charge in [0.05, 0.1) is 25.7 Å². The molecule has 1 atom stereocenters. The topological polar surface area (TPSA) is 128 Å². The van der Waals surface area contributed by atoms with Crippen molar-refractivity contribution < 1.29 is 40.7 Å². The number of amides is 2. The smallest absolute Gasteiger partial charge is 0.433 e. The van der Waals surface area contributed by atoms with E-state index in [0.29, 0.717) is 34.8 Å². The number of nitrogens with zero attached hydrogens (tertiary/aromatic N) is 3. The number of methoxy groups -OCH3 is 2. The number of halogens is 3. The highest BCUT2D eigenvalue weighted by molar-refractivity contribution is 7.91. The van der Waals surface area contributed by atoms with Gasteiger partial charge in [-0.2, -0.15) is 13.2 Å². The molecule has 10 nitrogen and oxygen atoms in total. The number of alkyl halides is 3. The standard InChI is InChI=1S/C33H39F3N4O6S/c1-45-26-7-5-20(13-27(26)46-2)18-40-19-24(6-8-30(40)42)25-14-28(33(34,35)36)38-31(37-25)47(43,44)9-3-4-29(41)39-32-15-21-10-22(16-32)12-23(11-21)17-32/h5-8,13-14,21-24H,3-4,9-12,15-19H2,1-2H3,(H,39,41). The molecule has 7 rings (SSSR count). The number of hydrogen-bond donors (Lipinski definition) is 1. The first-order valence-electron chi connectivity index (χ1n) is 15.9. The summed E-state index contributed by atoms with van der Waals surface area (Å²) in [7, 11) is -1.40. The van der Waals surface area contributed by atoms with Gasteiger partial charge in [-0.1, -0.05) is 12.1 Å². The summed E-state index contributed by atoms with van der Waals surface area (Å²) in [6, 6.07) is 5.83. The molecular formula is C33H39F3N4O6S. The Kier molecular flexibility index (Phi) is 9.00. The van der Waals surface area contributed by atoms with E-state index >= 15 is 0 Å². The number of carbonyl (C=O) groups is 2. The lowest BCUT2D eigenvalue weighted by Gasteiger charge is -2.56. The molecule has 4 fully saturated rings. The Morgan fingerprint density at radius 1 is 1.02 bits per heavy atom. The Bertz CT molecular complexity index is 1640. The first-order valence-corrected chi connectivity index (χ1v) is 17.6. The van der Waals surface area contributed by atoms with Crippen molar-refractivity contribution in [3.05, 3.63) is 53.4 Å². The molecule has 1 aromatic carbocycles. The fourth-order valence-electron chi connectivity index (χ4n) is 8.28. The van der Waals surface area contributed by atoms with Crippen molar-refractivity contribution >= 4 is 21.7 Å². The number of hydrogen-bond acceptors (Lipinski definition) is 8. The summed E-state index contributed by atoms with van der Waals surface area (Å²) in [5, 5.41) is 2.26. The first-order chi connectivity index (χ1) is 22.3. The van der Waals surface area contributed by atoms with Crippen LogP contribution in [0, 0.1) is 17.8 Å². The lowest BCUT2D eigenvalue weighted by atomic mass is 9.53. The van der Waals surface area contributed by atoms with Gasteiger partial charge >= 0.3 is 6.18 Å². The van der Waals surface area contributed by atoms with E-state index in [4.69, 9.17) is 9.47 Å². The van der Waals surface area contributed by atoms with Crippen LogP contribution < -0.4 is 14.8 Å². The van der Waals surface area contributed by atoms with Crippen LogP contribution in [0.15, 0.2) is 41.6 Å². The minimum atomic E-state index is -4.94. The number of aromatic nitrogens is 2. The van der Waals surface area contributed by atoms with E-state index in [1.54, 1.807) is 18.2 Å². The Balaban J connectivity index is 1.14. The molecule has 4 aliphatic carbocycles. The summed E-state index contributed by atoms with van der Waals surface area (Å²) in [6.45, 7) is 0.0790. The molecule has 0 spiro atoms. The minimum Gasteiger partial charge on any atom is -0.493 e. The van der Waals surface area contributed by atoms with Gasteiger partial charge in [-0.25, -0.2) is 18.4 Å². The van der Waals surface area contributed by atoms with Crippen LogP contribution in [0.4, 0.5) is 13.2 Å². The maximum atomic E-state index is 13.9. The van der Waals surface area contributed by atoms with Crippen molar-refractivity contribution in [1.29, 1.82) is 0 Å². The fraction of sp³-hybridized carbons (Fsp3) is 0.576. The molecule has 254 valence electrons. The van der Waals surface area contributed by atoms with Crippen molar-refractivity contribution in [3.8, 4) is 11.5 Å². The number of sulfone groups is 1. The number of benzene rings is 1. The second-order valence-corrected chi connectivity index (χ2v) is 15.5. The summed E-state index contributed by atoms with van der Waals surface area (Å²) in [6.07, 6.45) is 4.09. The number of carbonyl (C=O) groups excluding carboxylic acids is 2. The molecule has 5 aliphatic rings. The molecule has 47 heavy (non-hydrogen) atoms. The first kappa shape index (κ1) is 33.2. The van der Waals surface area contributed by atoms with Crippen LogP contribution in [0.5, 0.6) is 11.5 Å². The zero-order chi connectivity index (χ0) is 33.6. The monoisotopic (exact) mass is 676 g/mol. The highest BCUT2D eigenvalue weighted by atomic mass is 32.2. The van der Waals surface area contributed by atoms with E-state index in [-0.39, 0.29) is 49.0 Å². The summed E-state index contributed by atoms with van der Waals surface area (Å²) in [5.41, 5.74) is -1.09. The van der Waals surface area contributed by atoms with Crippen molar-refractivity contribution in [2.75, 3.05) is 26.5 Å². The molecule has 4 saturated carbocycles.